The summed E-state index contributed by atoms with van der Waals surface area (Å²) >= 11 is 9.81. The Kier molecular flexibility index (Phi) is 5.08. The first-order valence-electron chi connectivity index (χ1n) is 6.13. The molecule has 1 aromatic heterocycles. The Balaban J connectivity index is 3.09. The van der Waals surface area contributed by atoms with Crippen LogP contribution in [0.4, 0.5) is 0 Å². The van der Waals surface area contributed by atoms with Gasteiger partial charge in [-0.3, -0.25) is 4.68 Å². The highest BCUT2D eigenvalue weighted by molar-refractivity contribution is 9.10. The van der Waals surface area contributed by atoms with Crippen molar-refractivity contribution in [1.29, 1.82) is 0 Å². The first kappa shape index (κ1) is 15.0. The number of hydrogen-bond acceptors (Lipinski definition) is 1. The lowest BCUT2D eigenvalue weighted by atomic mass is 9.77. The molecule has 0 radical (unpaired) electrons. The second-order valence-corrected chi connectivity index (χ2v) is 6.34. The molecule has 0 saturated carbocycles. The summed E-state index contributed by atoms with van der Waals surface area (Å²) in [7, 11) is 0. The Bertz CT molecular complexity index is 387. The van der Waals surface area contributed by atoms with Crippen molar-refractivity contribution >= 4 is 27.5 Å². The van der Waals surface area contributed by atoms with Crippen LogP contribution in [0.3, 0.4) is 0 Å². The predicted molar refractivity (Wildman–Crippen MR) is 77.7 cm³/mol. The van der Waals surface area contributed by atoms with Gasteiger partial charge in [0.1, 0.15) is 0 Å². The van der Waals surface area contributed by atoms with Crippen molar-refractivity contribution in [2.24, 2.45) is 11.3 Å². The molecule has 0 N–H and O–H groups in total. The van der Waals surface area contributed by atoms with Gasteiger partial charge < -0.3 is 0 Å². The van der Waals surface area contributed by atoms with E-state index in [9.17, 15) is 0 Å². The second-order valence-electron chi connectivity index (χ2n) is 5.28. The highest BCUT2D eigenvalue weighted by atomic mass is 79.9. The van der Waals surface area contributed by atoms with Crippen molar-refractivity contribution in [3.05, 3.63) is 15.9 Å². The lowest BCUT2D eigenvalue weighted by Crippen LogP contribution is -2.29. The molecule has 1 aromatic rings. The van der Waals surface area contributed by atoms with Gasteiger partial charge in [-0.25, -0.2) is 0 Å². The van der Waals surface area contributed by atoms with Crippen LogP contribution >= 0.6 is 27.5 Å². The van der Waals surface area contributed by atoms with Gasteiger partial charge in [-0.05, 0) is 47.5 Å². The van der Waals surface area contributed by atoms with E-state index in [4.69, 9.17) is 11.6 Å². The number of halogens is 2. The van der Waals surface area contributed by atoms with Gasteiger partial charge in [-0.15, -0.1) is 11.6 Å². The van der Waals surface area contributed by atoms with E-state index in [1.165, 1.54) is 5.69 Å². The molecule has 4 heteroatoms. The molecule has 1 unspecified atom stereocenters. The van der Waals surface area contributed by atoms with Gasteiger partial charge in [0.05, 0.1) is 15.9 Å². The highest BCUT2D eigenvalue weighted by Gasteiger charge is 2.30. The average molecular weight is 322 g/mol. The van der Waals surface area contributed by atoms with E-state index in [0.717, 1.165) is 23.1 Å². The van der Waals surface area contributed by atoms with Gasteiger partial charge in [-0.2, -0.15) is 5.10 Å². The number of aryl methyl sites for hydroxylation is 2. The van der Waals surface area contributed by atoms with Crippen LogP contribution in [0, 0.1) is 18.3 Å². The number of nitrogens with zero attached hydrogens (tertiary/aromatic N) is 2. The van der Waals surface area contributed by atoms with Gasteiger partial charge in [0.2, 0.25) is 0 Å². The van der Waals surface area contributed by atoms with Gasteiger partial charge >= 0.3 is 0 Å². The molecule has 0 fully saturated rings. The Morgan fingerprint density at radius 2 is 2.06 bits per heavy atom. The topological polar surface area (TPSA) is 17.8 Å². The molecule has 1 heterocycles. The van der Waals surface area contributed by atoms with E-state index in [2.05, 4.69) is 53.4 Å². The van der Waals surface area contributed by atoms with E-state index in [1.807, 2.05) is 6.92 Å². The molecule has 1 atom stereocenters. The maximum Gasteiger partial charge on any atom is 0.0738 e. The molecule has 0 aliphatic heterocycles. The van der Waals surface area contributed by atoms with Gasteiger partial charge in [0, 0.05) is 12.4 Å². The Labute approximate surface area is 118 Å². The summed E-state index contributed by atoms with van der Waals surface area (Å²) < 4.78 is 3.21. The van der Waals surface area contributed by atoms with E-state index < -0.39 is 0 Å². The third-order valence-corrected chi connectivity index (χ3v) is 5.37. The average Bonchev–Trinajstić information content (AvgIpc) is 2.56. The summed E-state index contributed by atoms with van der Waals surface area (Å²) in [5.74, 6) is 1.22. The standard InChI is InChI=1S/C13H22BrClN2/c1-6-17-11(12(14)10(4)16-17)7-13(5,8-15)9(2)3/h9H,6-8H2,1-5H3. The van der Waals surface area contributed by atoms with Gasteiger partial charge in [-0.1, -0.05) is 20.8 Å². The maximum atomic E-state index is 6.16. The van der Waals surface area contributed by atoms with E-state index in [0.29, 0.717) is 11.8 Å². The molecule has 17 heavy (non-hydrogen) atoms. The Hall–Kier alpha value is -0.0200. The van der Waals surface area contributed by atoms with Crippen LogP contribution in [0.5, 0.6) is 0 Å². The second kappa shape index (κ2) is 5.75. The molecule has 0 aliphatic carbocycles. The zero-order valence-corrected chi connectivity index (χ0v) is 13.7. The molecular formula is C13H22BrClN2. The molecule has 0 spiro atoms. The lowest BCUT2D eigenvalue weighted by Gasteiger charge is -2.32. The van der Waals surface area contributed by atoms with Crippen LogP contribution in [0.15, 0.2) is 4.47 Å². The SMILES string of the molecule is CCn1nc(C)c(Br)c1CC(C)(CCl)C(C)C. The highest BCUT2D eigenvalue weighted by Crippen LogP contribution is 2.35. The van der Waals surface area contributed by atoms with Gasteiger partial charge in [0.15, 0.2) is 0 Å². The van der Waals surface area contributed by atoms with E-state index in [1.54, 1.807) is 0 Å². The van der Waals surface area contributed by atoms with Crippen molar-refractivity contribution in [3.63, 3.8) is 0 Å². The monoisotopic (exact) mass is 320 g/mol. The van der Waals surface area contributed by atoms with Crippen LogP contribution in [-0.4, -0.2) is 15.7 Å². The Morgan fingerprint density at radius 3 is 2.47 bits per heavy atom. The number of hydrogen-bond donors (Lipinski definition) is 0. The molecule has 1 rings (SSSR count). The third-order valence-electron chi connectivity index (χ3n) is 3.72. The summed E-state index contributed by atoms with van der Waals surface area (Å²) in [5.41, 5.74) is 2.44. The van der Waals surface area contributed by atoms with Crippen LogP contribution in [0.25, 0.3) is 0 Å². The summed E-state index contributed by atoms with van der Waals surface area (Å²) in [4.78, 5) is 0. The molecule has 0 aromatic carbocycles. The number of aromatic nitrogens is 2. The summed E-state index contributed by atoms with van der Waals surface area (Å²) in [6.07, 6.45) is 0.962. The van der Waals surface area contributed by atoms with Crippen molar-refractivity contribution < 1.29 is 0 Å². The normalized spacial score (nSPS) is 15.3. The van der Waals surface area contributed by atoms with Crippen molar-refractivity contribution in [2.45, 2.75) is 47.6 Å². The van der Waals surface area contributed by atoms with E-state index in [-0.39, 0.29) is 5.41 Å². The fourth-order valence-electron chi connectivity index (χ4n) is 1.83. The van der Waals surface area contributed by atoms with Crippen molar-refractivity contribution in [2.75, 3.05) is 5.88 Å². The fraction of sp³-hybridized carbons (Fsp3) is 0.769. The minimum absolute atomic E-state index is 0.115. The van der Waals surface area contributed by atoms with Crippen molar-refractivity contribution in [1.82, 2.24) is 9.78 Å². The zero-order valence-electron chi connectivity index (χ0n) is 11.3. The molecule has 98 valence electrons. The summed E-state index contributed by atoms with van der Waals surface area (Å²) in [6, 6.07) is 0. The maximum absolute atomic E-state index is 6.16. The first-order chi connectivity index (χ1) is 7.85. The fourth-order valence-corrected chi connectivity index (χ4v) is 2.65. The van der Waals surface area contributed by atoms with Crippen LogP contribution in [0.1, 0.15) is 39.1 Å². The van der Waals surface area contributed by atoms with Crippen LogP contribution < -0.4 is 0 Å². The van der Waals surface area contributed by atoms with Crippen LogP contribution in [-0.2, 0) is 13.0 Å². The molecule has 0 aliphatic rings. The smallest absolute Gasteiger partial charge is 0.0738 e. The third kappa shape index (κ3) is 3.05. The number of rotatable bonds is 5. The molecular weight excluding hydrogens is 300 g/mol. The van der Waals surface area contributed by atoms with Gasteiger partial charge in [0.25, 0.3) is 0 Å². The largest absolute Gasteiger partial charge is 0.268 e. The lowest BCUT2D eigenvalue weighted by molar-refractivity contribution is 0.246. The molecule has 0 saturated heterocycles. The van der Waals surface area contributed by atoms with Crippen molar-refractivity contribution in [3.8, 4) is 0 Å². The minimum Gasteiger partial charge on any atom is -0.268 e. The quantitative estimate of drug-likeness (QED) is 0.734. The predicted octanol–water partition coefficient (Wildman–Crippen LogP) is 4.42. The zero-order chi connectivity index (χ0) is 13.2. The minimum atomic E-state index is 0.115. The van der Waals surface area contributed by atoms with Crippen LogP contribution in [0.2, 0.25) is 0 Å². The summed E-state index contributed by atoms with van der Waals surface area (Å²) in [5, 5.41) is 4.53. The van der Waals surface area contributed by atoms with E-state index >= 15 is 0 Å². The molecule has 2 nitrogen and oxygen atoms in total. The first-order valence-corrected chi connectivity index (χ1v) is 7.46. The molecule has 0 amide bonds. The number of alkyl halides is 1. The summed E-state index contributed by atoms with van der Waals surface area (Å²) in [6.45, 7) is 11.8. The molecule has 0 bridgehead atoms. The Morgan fingerprint density at radius 1 is 1.47 bits per heavy atom.